The number of nitrogens with one attached hydrogen (secondary N) is 1. The van der Waals surface area contributed by atoms with E-state index in [2.05, 4.69) is 5.32 Å². The third-order valence-electron chi connectivity index (χ3n) is 2.34. The quantitative estimate of drug-likeness (QED) is 0.503. The van der Waals surface area contributed by atoms with Crippen molar-refractivity contribution in [3.05, 3.63) is 40.4 Å². The summed E-state index contributed by atoms with van der Waals surface area (Å²) in [6.45, 7) is 2.63. The second-order valence-electron chi connectivity index (χ2n) is 3.83. The van der Waals surface area contributed by atoms with Crippen molar-refractivity contribution in [2.75, 3.05) is 6.54 Å². The molecular formula is C14H15ClN2O. The van der Waals surface area contributed by atoms with Gasteiger partial charge in [0.25, 0.3) is 5.91 Å². The van der Waals surface area contributed by atoms with Crippen LogP contribution < -0.4 is 5.32 Å². The van der Waals surface area contributed by atoms with Crippen LogP contribution in [0.15, 0.2) is 29.8 Å². The summed E-state index contributed by atoms with van der Waals surface area (Å²) in [7, 11) is 0. The predicted molar refractivity (Wildman–Crippen MR) is 73.0 cm³/mol. The third kappa shape index (κ3) is 4.60. The van der Waals surface area contributed by atoms with Crippen LogP contribution in [0.3, 0.4) is 0 Å². The number of unbranched alkanes of at least 4 members (excludes halogenated alkanes) is 1. The first-order chi connectivity index (χ1) is 8.67. The lowest BCUT2D eigenvalue weighted by Gasteiger charge is -2.02. The molecule has 0 aliphatic carbocycles. The van der Waals surface area contributed by atoms with Crippen molar-refractivity contribution >= 4 is 23.6 Å². The lowest BCUT2D eigenvalue weighted by atomic mass is 10.1. The van der Waals surface area contributed by atoms with Crippen LogP contribution in [0.1, 0.15) is 25.3 Å². The molecular weight excluding hydrogens is 248 g/mol. The van der Waals surface area contributed by atoms with Gasteiger partial charge in [0, 0.05) is 11.6 Å². The van der Waals surface area contributed by atoms with Crippen LogP contribution in [0.5, 0.6) is 0 Å². The molecule has 0 saturated heterocycles. The number of halogens is 1. The first-order valence-corrected chi connectivity index (χ1v) is 6.20. The lowest BCUT2D eigenvalue weighted by Crippen LogP contribution is -2.25. The van der Waals surface area contributed by atoms with Crippen LogP contribution in [0.2, 0.25) is 5.02 Å². The highest BCUT2D eigenvalue weighted by Crippen LogP contribution is 2.13. The lowest BCUT2D eigenvalue weighted by molar-refractivity contribution is -0.117. The largest absolute Gasteiger partial charge is 0.351 e. The predicted octanol–water partition coefficient (Wildman–Crippen LogP) is 3.16. The fourth-order valence-corrected chi connectivity index (χ4v) is 1.58. The van der Waals surface area contributed by atoms with E-state index in [1.54, 1.807) is 24.3 Å². The summed E-state index contributed by atoms with van der Waals surface area (Å²) < 4.78 is 0. The second kappa shape index (κ2) is 7.52. The fourth-order valence-electron chi connectivity index (χ4n) is 1.39. The van der Waals surface area contributed by atoms with Crippen LogP contribution >= 0.6 is 11.6 Å². The van der Waals surface area contributed by atoms with Crippen molar-refractivity contribution in [1.82, 2.24) is 5.32 Å². The molecule has 0 saturated carbocycles. The molecule has 4 heteroatoms. The summed E-state index contributed by atoms with van der Waals surface area (Å²) in [5.74, 6) is -0.342. The Morgan fingerprint density at radius 3 is 2.94 bits per heavy atom. The summed E-state index contributed by atoms with van der Waals surface area (Å²) in [5.41, 5.74) is 0.832. The minimum absolute atomic E-state index is 0.0911. The molecule has 0 fully saturated rings. The number of rotatable bonds is 5. The first kappa shape index (κ1) is 14.3. The number of carbonyl (C=O) groups is 1. The molecule has 0 unspecified atom stereocenters. The highest BCUT2D eigenvalue weighted by atomic mass is 35.5. The van der Waals surface area contributed by atoms with Gasteiger partial charge in [0.1, 0.15) is 11.6 Å². The minimum atomic E-state index is -0.342. The van der Waals surface area contributed by atoms with Gasteiger partial charge in [-0.05, 0) is 30.2 Å². The third-order valence-corrected chi connectivity index (χ3v) is 2.58. The van der Waals surface area contributed by atoms with E-state index in [1.807, 2.05) is 13.0 Å². The van der Waals surface area contributed by atoms with E-state index >= 15 is 0 Å². The maximum absolute atomic E-state index is 11.7. The Morgan fingerprint density at radius 2 is 2.33 bits per heavy atom. The fraction of sp³-hybridized carbons (Fsp3) is 0.286. The van der Waals surface area contributed by atoms with E-state index in [-0.39, 0.29) is 11.5 Å². The maximum atomic E-state index is 11.7. The summed E-state index contributed by atoms with van der Waals surface area (Å²) in [4.78, 5) is 11.7. The van der Waals surface area contributed by atoms with Crippen LogP contribution in [0, 0.1) is 11.3 Å². The van der Waals surface area contributed by atoms with Gasteiger partial charge in [0.15, 0.2) is 0 Å². The van der Waals surface area contributed by atoms with Gasteiger partial charge in [-0.25, -0.2) is 0 Å². The zero-order valence-corrected chi connectivity index (χ0v) is 11.0. The number of amides is 1. The van der Waals surface area contributed by atoms with Gasteiger partial charge in [0.2, 0.25) is 0 Å². The standard InChI is InChI=1S/C14H15ClN2O/c1-2-3-7-17-14(18)12(10-16)8-11-5-4-6-13(15)9-11/h4-6,8-9H,2-3,7H2,1H3,(H,17,18)/b12-8+. The number of nitriles is 1. The molecule has 1 N–H and O–H groups in total. The molecule has 18 heavy (non-hydrogen) atoms. The Morgan fingerprint density at radius 1 is 1.56 bits per heavy atom. The van der Waals surface area contributed by atoms with Gasteiger partial charge in [0.05, 0.1) is 0 Å². The van der Waals surface area contributed by atoms with Crippen molar-refractivity contribution in [2.45, 2.75) is 19.8 Å². The molecule has 0 heterocycles. The smallest absolute Gasteiger partial charge is 0.261 e. The molecule has 0 aromatic heterocycles. The number of hydrogen-bond donors (Lipinski definition) is 1. The van der Waals surface area contributed by atoms with Crippen LogP contribution in [-0.4, -0.2) is 12.5 Å². The second-order valence-corrected chi connectivity index (χ2v) is 4.27. The maximum Gasteiger partial charge on any atom is 0.261 e. The number of carbonyl (C=O) groups excluding carboxylic acids is 1. The summed E-state index contributed by atoms with van der Waals surface area (Å²) in [6, 6.07) is 8.92. The molecule has 0 spiro atoms. The highest BCUT2D eigenvalue weighted by Gasteiger charge is 2.07. The monoisotopic (exact) mass is 262 g/mol. The van der Waals surface area contributed by atoms with E-state index in [0.29, 0.717) is 11.6 Å². The molecule has 0 aliphatic rings. The Balaban J connectivity index is 2.77. The average molecular weight is 263 g/mol. The minimum Gasteiger partial charge on any atom is -0.351 e. The zero-order chi connectivity index (χ0) is 13.4. The van der Waals surface area contributed by atoms with Gasteiger partial charge in [-0.1, -0.05) is 37.1 Å². The Labute approximate surface area is 112 Å². The first-order valence-electron chi connectivity index (χ1n) is 5.83. The molecule has 1 aromatic carbocycles. The Hall–Kier alpha value is -1.79. The Kier molecular flexibility index (Phi) is 5.96. The molecule has 3 nitrogen and oxygen atoms in total. The SMILES string of the molecule is CCCCNC(=O)/C(C#N)=C/c1cccc(Cl)c1. The van der Waals surface area contributed by atoms with Gasteiger partial charge in [-0.3, -0.25) is 4.79 Å². The summed E-state index contributed by atoms with van der Waals surface area (Å²) in [5, 5.41) is 12.3. The van der Waals surface area contributed by atoms with E-state index in [1.165, 1.54) is 6.08 Å². The zero-order valence-electron chi connectivity index (χ0n) is 10.2. The topological polar surface area (TPSA) is 52.9 Å². The number of nitrogens with zero attached hydrogens (tertiary/aromatic N) is 1. The molecule has 0 aliphatic heterocycles. The van der Waals surface area contributed by atoms with E-state index in [4.69, 9.17) is 16.9 Å². The van der Waals surface area contributed by atoms with Crippen molar-refractivity contribution in [2.24, 2.45) is 0 Å². The molecule has 0 bridgehead atoms. The van der Waals surface area contributed by atoms with E-state index in [0.717, 1.165) is 18.4 Å². The molecule has 0 radical (unpaired) electrons. The molecule has 1 aromatic rings. The summed E-state index contributed by atoms with van der Waals surface area (Å²) in [6.07, 6.45) is 3.44. The van der Waals surface area contributed by atoms with Crippen molar-refractivity contribution in [3.63, 3.8) is 0 Å². The highest BCUT2D eigenvalue weighted by molar-refractivity contribution is 6.30. The van der Waals surface area contributed by atoms with Gasteiger partial charge >= 0.3 is 0 Å². The van der Waals surface area contributed by atoms with Crippen molar-refractivity contribution < 1.29 is 4.79 Å². The average Bonchev–Trinajstić information content (AvgIpc) is 2.36. The van der Waals surface area contributed by atoms with Crippen molar-refractivity contribution in [1.29, 1.82) is 5.26 Å². The van der Waals surface area contributed by atoms with Gasteiger partial charge in [-0.2, -0.15) is 5.26 Å². The van der Waals surface area contributed by atoms with Gasteiger partial charge in [-0.15, -0.1) is 0 Å². The van der Waals surface area contributed by atoms with E-state index < -0.39 is 0 Å². The van der Waals surface area contributed by atoms with Crippen LogP contribution in [-0.2, 0) is 4.79 Å². The van der Waals surface area contributed by atoms with Crippen LogP contribution in [0.4, 0.5) is 0 Å². The molecule has 0 atom stereocenters. The molecule has 94 valence electrons. The number of hydrogen-bond acceptors (Lipinski definition) is 2. The molecule has 1 amide bonds. The Bertz CT molecular complexity index is 489. The summed E-state index contributed by atoms with van der Waals surface area (Å²) >= 11 is 5.84. The van der Waals surface area contributed by atoms with E-state index in [9.17, 15) is 4.79 Å². The van der Waals surface area contributed by atoms with Crippen molar-refractivity contribution in [3.8, 4) is 6.07 Å². The normalized spacial score (nSPS) is 10.8. The van der Waals surface area contributed by atoms with Crippen LogP contribution in [0.25, 0.3) is 6.08 Å². The number of benzene rings is 1. The van der Waals surface area contributed by atoms with Gasteiger partial charge < -0.3 is 5.32 Å². The molecule has 1 rings (SSSR count).